The summed E-state index contributed by atoms with van der Waals surface area (Å²) in [5.74, 6) is -0.833. The van der Waals surface area contributed by atoms with Crippen molar-refractivity contribution >= 4 is 15.9 Å². The third-order valence-corrected chi connectivity index (χ3v) is 5.72. The molecule has 0 spiro atoms. The Labute approximate surface area is 141 Å². The zero-order valence-electron chi connectivity index (χ0n) is 13.8. The lowest BCUT2D eigenvalue weighted by atomic mass is 9.93. The molecule has 1 aromatic heterocycles. The second kappa shape index (κ2) is 6.39. The maximum absolute atomic E-state index is 12.4. The van der Waals surface area contributed by atoms with Crippen molar-refractivity contribution in [3.63, 3.8) is 0 Å². The lowest BCUT2D eigenvalue weighted by Crippen LogP contribution is -2.34. The van der Waals surface area contributed by atoms with E-state index >= 15 is 0 Å². The number of benzene rings is 1. The van der Waals surface area contributed by atoms with Crippen LogP contribution in [0.5, 0.6) is 0 Å². The predicted octanol–water partition coefficient (Wildman–Crippen LogP) is 2.48. The van der Waals surface area contributed by atoms with Crippen LogP contribution in [0, 0.1) is 13.8 Å². The van der Waals surface area contributed by atoms with E-state index in [2.05, 4.69) is 9.82 Å². The van der Waals surface area contributed by atoms with Gasteiger partial charge in [-0.2, -0.15) is 5.10 Å². The van der Waals surface area contributed by atoms with Gasteiger partial charge in [0.2, 0.25) is 10.0 Å². The van der Waals surface area contributed by atoms with Crippen molar-refractivity contribution in [2.24, 2.45) is 0 Å². The molecule has 128 valence electrons. The third-order valence-electron chi connectivity index (χ3n) is 4.55. The zero-order chi connectivity index (χ0) is 17.3. The highest BCUT2D eigenvalue weighted by Crippen LogP contribution is 2.31. The fourth-order valence-electron chi connectivity index (χ4n) is 2.91. The number of amides is 1. The summed E-state index contributed by atoms with van der Waals surface area (Å²) in [5, 5.41) is 4.16. The van der Waals surface area contributed by atoms with E-state index in [0.29, 0.717) is 5.69 Å². The average Bonchev–Trinajstić information content (AvgIpc) is 2.90. The van der Waals surface area contributed by atoms with Gasteiger partial charge in [-0.1, -0.05) is 18.2 Å². The standard InChI is InChI=1S/C17H21N3O3S/c1-12-5-3-6-13(2)15(12)11-24(22,23)19-17(21)16-9-10-18-20(16)14-7-4-8-14/h3,5-6,9-10,14H,4,7-8,11H2,1-2H3,(H,19,21). The summed E-state index contributed by atoms with van der Waals surface area (Å²) in [4.78, 5) is 12.4. The Morgan fingerprint density at radius 2 is 1.92 bits per heavy atom. The Kier molecular flexibility index (Phi) is 4.45. The van der Waals surface area contributed by atoms with E-state index in [1.54, 1.807) is 10.7 Å². The third kappa shape index (κ3) is 3.36. The maximum Gasteiger partial charge on any atom is 0.283 e. The Hall–Kier alpha value is -2.15. The van der Waals surface area contributed by atoms with E-state index in [1.165, 1.54) is 6.20 Å². The Bertz CT molecular complexity index is 847. The van der Waals surface area contributed by atoms with E-state index < -0.39 is 15.9 Å². The van der Waals surface area contributed by atoms with Gasteiger partial charge in [0, 0.05) is 6.20 Å². The number of aryl methyl sites for hydroxylation is 2. The number of sulfonamides is 1. The smallest absolute Gasteiger partial charge is 0.266 e. The van der Waals surface area contributed by atoms with Gasteiger partial charge in [-0.05, 0) is 55.9 Å². The van der Waals surface area contributed by atoms with Crippen LogP contribution in [-0.2, 0) is 15.8 Å². The minimum atomic E-state index is -3.78. The summed E-state index contributed by atoms with van der Waals surface area (Å²) >= 11 is 0. The molecule has 0 radical (unpaired) electrons. The summed E-state index contributed by atoms with van der Waals surface area (Å²) in [6, 6.07) is 7.37. The van der Waals surface area contributed by atoms with Crippen LogP contribution in [0.15, 0.2) is 30.5 Å². The fraction of sp³-hybridized carbons (Fsp3) is 0.412. The van der Waals surface area contributed by atoms with Crippen LogP contribution in [-0.4, -0.2) is 24.1 Å². The topological polar surface area (TPSA) is 81.1 Å². The largest absolute Gasteiger partial charge is 0.283 e. The van der Waals surface area contributed by atoms with E-state index in [4.69, 9.17) is 0 Å². The number of carbonyl (C=O) groups excluding carboxylic acids is 1. The quantitative estimate of drug-likeness (QED) is 0.901. The molecule has 0 unspecified atom stereocenters. The molecule has 0 atom stereocenters. The van der Waals surface area contributed by atoms with Crippen molar-refractivity contribution < 1.29 is 13.2 Å². The van der Waals surface area contributed by atoms with Gasteiger partial charge >= 0.3 is 0 Å². The van der Waals surface area contributed by atoms with Crippen molar-refractivity contribution in [2.75, 3.05) is 0 Å². The lowest BCUT2D eigenvalue weighted by molar-refractivity contribution is 0.0963. The molecule has 7 heteroatoms. The van der Waals surface area contributed by atoms with Crippen LogP contribution in [0.1, 0.15) is 52.5 Å². The van der Waals surface area contributed by atoms with Gasteiger partial charge in [0.25, 0.3) is 5.91 Å². The highest BCUT2D eigenvalue weighted by Gasteiger charge is 2.26. The summed E-state index contributed by atoms with van der Waals surface area (Å²) in [6.07, 6.45) is 4.58. The minimum Gasteiger partial charge on any atom is -0.266 e. The van der Waals surface area contributed by atoms with Crippen LogP contribution in [0.2, 0.25) is 0 Å². The Morgan fingerprint density at radius 1 is 1.25 bits per heavy atom. The molecule has 1 heterocycles. The Morgan fingerprint density at radius 3 is 2.50 bits per heavy atom. The second-order valence-corrected chi connectivity index (χ2v) is 8.03. The van der Waals surface area contributed by atoms with Crippen LogP contribution in [0.25, 0.3) is 0 Å². The van der Waals surface area contributed by atoms with Gasteiger partial charge < -0.3 is 0 Å². The number of hydrogen-bond acceptors (Lipinski definition) is 4. The summed E-state index contributed by atoms with van der Waals surface area (Å²) < 4.78 is 28.6. The van der Waals surface area contributed by atoms with E-state index in [1.807, 2.05) is 32.0 Å². The lowest BCUT2D eigenvalue weighted by Gasteiger charge is -2.27. The molecule has 1 aliphatic rings. The molecule has 1 saturated carbocycles. The first-order valence-electron chi connectivity index (χ1n) is 8.01. The molecule has 0 saturated heterocycles. The highest BCUT2D eigenvalue weighted by atomic mass is 32.2. The molecule has 1 aromatic carbocycles. The van der Waals surface area contributed by atoms with Gasteiger partial charge in [0.1, 0.15) is 5.69 Å². The molecule has 1 fully saturated rings. The summed E-state index contributed by atoms with van der Waals surface area (Å²) in [5.41, 5.74) is 2.81. The molecule has 1 N–H and O–H groups in total. The van der Waals surface area contributed by atoms with Gasteiger partial charge in [-0.3, -0.25) is 9.48 Å². The minimum absolute atomic E-state index is 0.196. The molecular weight excluding hydrogens is 326 g/mol. The number of nitrogens with zero attached hydrogens (tertiary/aromatic N) is 2. The predicted molar refractivity (Wildman–Crippen MR) is 91.1 cm³/mol. The molecule has 3 rings (SSSR count). The number of rotatable bonds is 5. The molecule has 1 aliphatic carbocycles. The Balaban J connectivity index is 1.77. The SMILES string of the molecule is Cc1cccc(C)c1CS(=O)(=O)NC(=O)c1ccnn1C1CCC1. The second-order valence-electron chi connectivity index (χ2n) is 6.31. The normalized spacial score (nSPS) is 15.1. The van der Waals surface area contributed by atoms with Crippen LogP contribution in [0.3, 0.4) is 0 Å². The van der Waals surface area contributed by atoms with Crippen LogP contribution in [0.4, 0.5) is 0 Å². The first kappa shape index (κ1) is 16.7. The molecule has 24 heavy (non-hydrogen) atoms. The molecule has 1 amide bonds. The zero-order valence-corrected chi connectivity index (χ0v) is 14.6. The van der Waals surface area contributed by atoms with Gasteiger partial charge in [0.05, 0.1) is 11.8 Å². The van der Waals surface area contributed by atoms with Gasteiger partial charge in [-0.15, -0.1) is 0 Å². The first-order chi connectivity index (χ1) is 11.4. The van der Waals surface area contributed by atoms with E-state index in [-0.39, 0.29) is 11.8 Å². The number of aromatic nitrogens is 2. The monoisotopic (exact) mass is 347 g/mol. The highest BCUT2D eigenvalue weighted by molar-refractivity contribution is 7.89. The maximum atomic E-state index is 12.4. The van der Waals surface area contributed by atoms with Crippen LogP contribution < -0.4 is 4.72 Å². The number of hydrogen-bond donors (Lipinski definition) is 1. The van der Waals surface area contributed by atoms with Crippen molar-refractivity contribution in [3.8, 4) is 0 Å². The summed E-state index contributed by atoms with van der Waals surface area (Å²) in [7, 11) is -3.78. The number of carbonyl (C=O) groups is 1. The van der Waals surface area contributed by atoms with Crippen molar-refractivity contribution in [3.05, 3.63) is 52.8 Å². The fourth-order valence-corrected chi connectivity index (χ4v) is 4.21. The van der Waals surface area contributed by atoms with Crippen molar-refractivity contribution in [1.29, 1.82) is 0 Å². The molecular formula is C17H21N3O3S. The van der Waals surface area contributed by atoms with Crippen molar-refractivity contribution in [2.45, 2.75) is 44.9 Å². The molecule has 2 aromatic rings. The number of nitrogens with one attached hydrogen (secondary N) is 1. The van der Waals surface area contributed by atoms with E-state index in [0.717, 1.165) is 36.0 Å². The first-order valence-corrected chi connectivity index (χ1v) is 9.66. The van der Waals surface area contributed by atoms with Crippen LogP contribution >= 0.6 is 0 Å². The average molecular weight is 347 g/mol. The molecule has 0 bridgehead atoms. The summed E-state index contributed by atoms with van der Waals surface area (Å²) in [6.45, 7) is 3.73. The molecule has 6 nitrogen and oxygen atoms in total. The van der Waals surface area contributed by atoms with Gasteiger partial charge in [0.15, 0.2) is 0 Å². The van der Waals surface area contributed by atoms with Crippen molar-refractivity contribution in [1.82, 2.24) is 14.5 Å². The molecule has 0 aliphatic heterocycles. The van der Waals surface area contributed by atoms with E-state index in [9.17, 15) is 13.2 Å². The van der Waals surface area contributed by atoms with Gasteiger partial charge in [-0.25, -0.2) is 13.1 Å².